The lowest BCUT2D eigenvalue weighted by molar-refractivity contribution is -0.143. The van der Waals surface area contributed by atoms with Gasteiger partial charge in [0.15, 0.2) is 0 Å². The minimum Gasteiger partial charge on any atom is -0.325 e. The molecule has 2 aromatic carbocycles. The molecule has 0 aliphatic carbocycles. The van der Waals surface area contributed by atoms with Crippen LogP contribution in [0.25, 0.3) is 0 Å². The summed E-state index contributed by atoms with van der Waals surface area (Å²) in [7, 11) is 0. The average molecular weight is 407 g/mol. The summed E-state index contributed by atoms with van der Waals surface area (Å²) in [5, 5.41) is 0. The van der Waals surface area contributed by atoms with E-state index in [1.54, 1.807) is 0 Å². The fourth-order valence-electron chi connectivity index (χ4n) is 2.71. The molecule has 0 saturated heterocycles. The van der Waals surface area contributed by atoms with Gasteiger partial charge in [-0.3, -0.25) is 0 Å². The number of hydrogen-bond acceptors (Lipinski definition) is 2. The molecule has 0 spiro atoms. The third-order valence-corrected chi connectivity index (χ3v) is 5.29. The van der Waals surface area contributed by atoms with E-state index < -0.39 is 23.5 Å². The smallest absolute Gasteiger partial charge is 0.325 e. The van der Waals surface area contributed by atoms with Gasteiger partial charge in [-0.05, 0) is 60.5 Å². The van der Waals surface area contributed by atoms with E-state index in [9.17, 15) is 26.3 Å². The highest BCUT2D eigenvalue weighted by molar-refractivity contribution is 8.00. The maximum atomic E-state index is 13.2. The van der Waals surface area contributed by atoms with Crippen molar-refractivity contribution in [3.63, 3.8) is 0 Å². The molecule has 0 fully saturated rings. The van der Waals surface area contributed by atoms with Crippen molar-refractivity contribution in [3.8, 4) is 0 Å². The van der Waals surface area contributed by atoms with Crippen LogP contribution in [-0.2, 0) is 25.2 Å². The lowest BCUT2D eigenvalue weighted by Gasteiger charge is -2.19. The fraction of sp³-hybridized carbons (Fsp3) is 0.368. The fourth-order valence-corrected chi connectivity index (χ4v) is 3.82. The minimum atomic E-state index is -4.87. The monoisotopic (exact) mass is 407 g/mol. The Morgan fingerprint density at radius 2 is 1.44 bits per heavy atom. The molecular weight excluding hydrogens is 388 g/mol. The van der Waals surface area contributed by atoms with Crippen LogP contribution in [0.3, 0.4) is 0 Å². The van der Waals surface area contributed by atoms with Gasteiger partial charge < -0.3 is 4.72 Å². The van der Waals surface area contributed by atoms with E-state index in [2.05, 4.69) is 4.72 Å². The number of halogens is 6. The molecule has 0 amide bonds. The van der Waals surface area contributed by atoms with E-state index in [1.165, 1.54) is 6.92 Å². The Labute approximate surface area is 158 Å². The summed E-state index contributed by atoms with van der Waals surface area (Å²) >= 11 is 1.04. The van der Waals surface area contributed by atoms with Crippen LogP contribution < -0.4 is 4.72 Å². The molecule has 2 rings (SSSR count). The molecule has 0 unspecified atom stereocenters. The first-order valence-electron chi connectivity index (χ1n) is 8.31. The number of anilines is 1. The molecule has 0 aliphatic rings. The predicted octanol–water partition coefficient (Wildman–Crippen LogP) is 7.28. The Balaban J connectivity index is 2.48. The summed E-state index contributed by atoms with van der Waals surface area (Å²) in [4.78, 5) is 0.827. The van der Waals surface area contributed by atoms with Crippen LogP contribution in [0, 0.1) is 6.92 Å². The number of aryl methyl sites for hydroxylation is 2. The largest absolute Gasteiger partial charge is 0.416 e. The van der Waals surface area contributed by atoms with Gasteiger partial charge in [0.1, 0.15) is 0 Å². The number of nitrogens with one attached hydrogen (secondary N) is 1. The second kappa shape index (κ2) is 8.04. The van der Waals surface area contributed by atoms with Crippen molar-refractivity contribution in [2.45, 2.75) is 50.9 Å². The minimum absolute atomic E-state index is 0.155. The van der Waals surface area contributed by atoms with Crippen LogP contribution in [0.15, 0.2) is 35.2 Å². The second-order valence-electron chi connectivity index (χ2n) is 6.01. The van der Waals surface area contributed by atoms with Gasteiger partial charge in [-0.25, -0.2) is 0 Å². The van der Waals surface area contributed by atoms with Gasteiger partial charge in [-0.2, -0.15) is 26.3 Å². The van der Waals surface area contributed by atoms with E-state index in [0.717, 1.165) is 34.0 Å². The highest BCUT2D eigenvalue weighted by atomic mass is 32.2. The summed E-state index contributed by atoms with van der Waals surface area (Å²) in [5.41, 5.74) is -1.13. The average Bonchev–Trinajstić information content (AvgIpc) is 2.58. The summed E-state index contributed by atoms with van der Waals surface area (Å²) in [6, 6.07) is 6.55. The number of hydrogen-bond donors (Lipinski definition) is 1. The molecule has 0 aromatic heterocycles. The lowest BCUT2D eigenvalue weighted by atomic mass is 10.0. The first-order chi connectivity index (χ1) is 12.5. The van der Waals surface area contributed by atoms with Crippen LogP contribution in [0.5, 0.6) is 0 Å². The molecule has 1 N–H and O–H groups in total. The summed E-state index contributed by atoms with van der Waals surface area (Å²) in [6.45, 7) is 5.05. The standard InChI is InChI=1S/C19H19F6NS/c1-4-12-7-6-8-13(5-2)17(12)27-26-16-10-14(18(20,21)22)9-15(11(16)3)19(23,24)25/h6-10,26H,4-5H2,1-3H3. The Bertz CT molecular complexity index is 789. The van der Waals surface area contributed by atoms with Gasteiger partial charge in [0.25, 0.3) is 0 Å². The highest BCUT2D eigenvalue weighted by Crippen LogP contribution is 2.41. The van der Waals surface area contributed by atoms with E-state index in [0.29, 0.717) is 12.8 Å². The maximum absolute atomic E-state index is 13.2. The topological polar surface area (TPSA) is 12.0 Å². The molecule has 0 bridgehead atoms. The van der Waals surface area contributed by atoms with Gasteiger partial charge in [-0.15, -0.1) is 0 Å². The van der Waals surface area contributed by atoms with Crippen molar-refractivity contribution in [3.05, 3.63) is 58.1 Å². The van der Waals surface area contributed by atoms with Crippen molar-refractivity contribution < 1.29 is 26.3 Å². The molecule has 1 nitrogen and oxygen atoms in total. The van der Waals surface area contributed by atoms with E-state index in [4.69, 9.17) is 0 Å². The quantitative estimate of drug-likeness (QED) is 0.413. The molecule has 0 aliphatic heterocycles. The van der Waals surface area contributed by atoms with Gasteiger partial charge in [-0.1, -0.05) is 32.0 Å². The van der Waals surface area contributed by atoms with Crippen LogP contribution >= 0.6 is 11.9 Å². The molecule has 0 atom stereocenters. The van der Waals surface area contributed by atoms with E-state index in [-0.39, 0.29) is 17.3 Å². The van der Waals surface area contributed by atoms with Gasteiger partial charge in [0.05, 0.1) is 11.1 Å². The summed E-state index contributed by atoms with van der Waals surface area (Å²) in [5.74, 6) is 0. The molecule has 148 valence electrons. The molecule has 0 saturated carbocycles. The summed E-state index contributed by atoms with van der Waals surface area (Å²) < 4.78 is 81.5. The van der Waals surface area contributed by atoms with Gasteiger partial charge in [0, 0.05) is 10.6 Å². The first-order valence-corrected chi connectivity index (χ1v) is 9.13. The second-order valence-corrected chi connectivity index (χ2v) is 6.82. The third-order valence-electron chi connectivity index (χ3n) is 4.24. The van der Waals surface area contributed by atoms with Crippen molar-refractivity contribution in [2.75, 3.05) is 4.72 Å². The zero-order valence-electron chi connectivity index (χ0n) is 15.0. The predicted molar refractivity (Wildman–Crippen MR) is 95.9 cm³/mol. The zero-order valence-corrected chi connectivity index (χ0v) is 15.8. The van der Waals surface area contributed by atoms with Crippen LogP contribution in [0.1, 0.15) is 41.7 Å². The molecule has 0 heterocycles. The Hall–Kier alpha value is -1.83. The maximum Gasteiger partial charge on any atom is 0.416 e. The SMILES string of the molecule is CCc1cccc(CC)c1SNc1cc(C(F)(F)F)cc(C(F)(F)F)c1C. The van der Waals surface area contributed by atoms with E-state index >= 15 is 0 Å². The van der Waals surface area contributed by atoms with Crippen LogP contribution in [0.4, 0.5) is 32.0 Å². The molecular formula is C19H19F6NS. The Morgan fingerprint density at radius 1 is 0.889 bits per heavy atom. The first kappa shape index (κ1) is 21.5. The number of benzene rings is 2. The molecule has 8 heteroatoms. The lowest BCUT2D eigenvalue weighted by Crippen LogP contribution is -2.14. The van der Waals surface area contributed by atoms with Gasteiger partial charge >= 0.3 is 12.4 Å². The van der Waals surface area contributed by atoms with Crippen LogP contribution in [0.2, 0.25) is 0 Å². The van der Waals surface area contributed by atoms with Crippen molar-refractivity contribution in [2.24, 2.45) is 0 Å². The zero-order chi connectivity index (χ0) is 20.4. The van der Waals surface area contributed by atoms with Gasteiger partial charge in [0.2, 0.25) is 0 Å². The van der Waals surface area contributed by atoms with Crippen LogP contribution in [-0.4, -0.2) is 0 Å². The van der Waals surface area contributed by atoms with Crippen molar-refractivity contribution in [1.29, 1.82) is 0 Å². The normalized spacial score (nSPS) is 12.3. The summed E-state index contributed by atoms with van der Waals surface area (Å²) in [6.07, 6.45) is -8.34. The Kier molecular flexibility index (Phi) is 6.39. The van der Waals surface area contributed by atoms with Crippen molar-refractivity contribution >= 4 is 17.6 Å². The third kappa shape index (κ3) is 4.91. The molecule has 0 radical (unpaired) electrons. The molecule has 2 aromatic rings. The van der Waals surface area contributed by atoms with Crippen molar-refractivity contribution in [1.82, 2.24) is 0 Å². The molecule has 27 heavy (non-hydrogen) atoms. The number of alkyl halides is 6. The number of rotatable bonds is 5. The highest BCUT2D eigenvalue weighted by Gasteiger charge is 2.38. The Morgan fingerprint density at radius 3 is 1.89 bits per heavy atom. The van der Waals surface area contributed by atoms with E-state index in [1.807, 2.05) is 32.0 Å².